The molecule has 0 aromatic heterocycles. The van der Waals surface area contributed by atoms with E-state index in [4.69, 9.17) is 0 Å². The largest absolute Gasteiger partial charge is 0.453 e. The van der Waals surface area contributed by atoms with Crippen LogP contribution in [0.3, 0.4) is 0 Å². The molecule has 1 amide bonds. The van der Waals surface area contributed by atoms with E-state index in [1.807, 2.05) is 31.2 Å². The van der Waals surface area contributed by atoms with Gasteiger partial charge in [0.15, 0.2) is 5.96 Å². The zero-order valence-corrected chi connectivity index (χ0v) is 19.8. The lowest BCUT2D eigenvalue weighted by molar-refractivity contribution is 0.187. The summed E-state index contributed by atoms with van der Waals surface area (Å²) < 4.78 is 16.7. The lowest BCUT2D eigenvalue weighted by Crippen LogP contribution is -2.46. The number of carbonyl (C=O) groups is 1. The zero-order valence-electron chi connectivity index (χ0n) is 16.7. The maximum Gasteiger partial charge on any atom is 0.411 e. The van der Waals surface area contributed by atoms with E-state index in [0.29, 0.717) is 18.3 Å². The molecular weight excluding hydrogens is 491 g/mol. The highest BCUT2D eigenvalue weighted by molar-refractivity contribution is 14.0. The van der Waals surface area contributed by atoms with Crippen LogP contribution in [-0.4, -0.2) is 47.5 Å². The van der Waals surface area contributed by atoms with E-state index >= 15 is 0 Å². The summed E-state index contributed by atoms with van der Waals surface area (Å²) in [6.45, 7) is 2.61. The summed E-state index contributed by atoms with van der Waals surface area (Å²) in [5.41, 5.74) is 1.76. The molecule has 3 N–H and O–H groups in total. The molecule has 9 heteroatoms. The number of ether oxygens (including phenoxy) is 1. The van der Waals surface area contributed by atoms with Crippen molar-refractivity contribution in [2.45, 2.75) is 50.4 Å². The predicted molar refractivity (Wildman–Crippen MR) is 126 cm³/mol. The van der Waals surface area contributed by atoms with Gasteiger partial charge in [0.1, 0.15) is 0 Å². The van der Waals surface area contributed by atoms with E-state index in [2.05, 4.69) is 25.7 Å². The second-order valence-corrected chi connectivity index (χ2v) is 8.54. The number of carbonyl (C=O) groups excluding carboxylic acids is 1. The van der Waals surface area contributed by atoms with Gasteiger partial charge in [-0.1, -0.05) is 25.5 Å². The number of methoxy groups -OCH3 is 1. The fourth-order valence-corrected chi connectivity index (χ4v) is 4.55. The fourth-order valence-electron chi connectivity index (χ4n) is 3.20. The number of nitrogens with one attached hydrogen (secondary N) is 3. The molecule has 1 aromatic rings. The van der Waals surface area contributed by atoms with Crippen LogP contribution in [0.2, 0.25) is 0 Å². The highest BCUT2D eigenvalue weighted by Gasteiger charge is 2.25. The summed E-state index contributed by atoms with van der Waals surface area (Å²) >= 11 is 0. The van der Waals surface area contributed by atoms with Crippen molar-refractivity contribution in [1.29, 1.82) is 0 Å². The number of halogens is 1. The Morgan fingerprint density at radius 1 is 1.29 bits per heavy atom. The van der Waals surface area contributed by atoms with Crippen molar-refractivity contribution in [3.63, 3.8) is 0 Å². The minimum Gasteiger partial charge on any atom is -0.453 e. The third kappa shape index (κ3) is 7.94. The van der Waals surface area contributed by atoms with E-state index in [1.165, 1.54) is 7.11 Å². The number of guanidine groups is 1. The van der Waals surface area contributed by atoms with Crippen LogP contribution in [0.5, 0.6) is 0 Å². The molecule has 7 nitrogen and oxygen atoms in total. The average Bonchev–Trinajstić information content (AvgIpc) is 2.71. The molecule has 3 unspecified atom stereocenters. The number of aliphatic imine (C=N–C) groups is 1. The number of rotatable bonds is 6. The first kappa shape index (κ1) is 24.7. The smallest absolute Gasteiger partial charge is 0.411 e. The van der Waals surface area contributed by atoms with Crippen LogP contribution in [0.1, 0.15) is 38.2 Å². The van der Waals surface area contributed by atoms with Gasteiger partial charge >= 0.3 is 6.09 Å². The molecule has 0 saturated heterocycles. The molecule has 0 heterocycles. The van der Waals surface area contributed by atoms with Crippen molar-refractivity contribution >= 4 is 52.5 Å². The van der Waals surface area contributed by atoms with Crippen LogP contribution in [0, 0.1) is 0 Å². The maximum atomic E-state index is 12.1. The highest BCUT2D eigenvalue weighted by Crippen LogP contribution is 2.23. The number of nitrogens with zero attached hydrogens (tertiary/aromatic N) is 1. The van der Waals surface area contributed by atoms with Gasteiger partial charge in [0.25, 0.3) is 0 Å². The Labute approximate surface area is 187 Å². The monoisotopic (exact) mass is 522 g/mol. The summed E-state index contributed by atoms with van der Waals surface area (Å²) in [6, 6.07) is 7.84. The van der Waals surface area contributed by atoms with Gasteiger partial charge in [-0.3, -0.25) is 14.5 Å². The minimum absolute atomic E-state index is 0. The van der Waals surface area contributed by atoms with E-state index in [-0.39, 0.29) is 29.2 Å². The normalized spacial score (nSPS) is 20.5. The second kappa shape index (κ2) is 13.0. The van der Waals surface area contributed by atoms with Gasteiger partial charge in [-0.2, -0.15) is 0 Å². The first-order valence-corrected chi connectivity index (χ1v) is 10.7. The molecule has 158 valence electrons. The van der Waals surface area contributed by atoms with E-state index in [1.54, 1.807) is 7.05 Å². The van der Waals surface area contributed by atoms with Crippen molar-refractivity contribution in [3.05, 3.63) is 29.8 Å². The Balaban J connectivity index is 0.00000392. The zero-order chi connectivity index (χ0) is 19.6. The SMILES string of the molecule is CCS(=O)C1CCCC(NC(=NC)NCc2ccc(NC(=O)OC)cc2)C1.I. The number of benzene rings is 1. The van der Waals surface area contributed by atoms with Crippen molar-refractivity contribution in [2.24, 2.45) is 4.99 Å². The van der Waals surface area contributed by atoms with E-state index < -0.39 is 16.9 Å². The molecule has 0 radical (unpaired) electrons. The highest BCUT2D eigenvalue weighted by atomic mass is 127. The van der Waals surface area contributed by atoms with Gasteiger partial charge in [0.05, 0.1) is 7.11 Å². The molecule has 1 aliphatic rings. The number of hydrogen-bond acceptors (Lipinski definition) is 4. The first-order valence-electron chi connectivity index (χ1n) is 9.34. The van der Waals surface area contributed by atoms with Gasteiger partial charge in [-0.15, -0.1) is 24.0 Å². The molecule has 0 spiro atoms. The quantitative estimate of drug-likeness (QED) is 0.303. The Hall–Kier alpha value is -1.36. The molecule has 0 bridgehead atoms. The summed E-state index contributed by atoms with van der Waals surface area (Å²) in [4.78, 5) is 15.5. The molecule has 28 heavy (non-hydrogen) atoms. The first-order chi connectivity index (χ1) is 13.0. The van der Waals surface area contributed by atoms with Gasteiger partial charge < -0.3 is 15.4 Å². The third-order valence-electron chi connectivity index (χ3n) is 4.69. The molecule has 1 fully saturated rings. The van der Waals surface area contributed by atoms with E-state index in [9.17, 15) is 9.00 Å². The molecular formula is C19H31IN4O3S. The van der Waals surface area contributed by atoms with Crippen molar-refractivity contribution in [1.82, 2.24) is 10.6 Å². The Morgan fingerprint density at radius 2 is 2.00 bits per heavy atom. The maximum absolute atomic E-state index is 12.1. The Morgan fingerprint density at radius 3 is 2.61 bits per heavy atom. The van der Waals surface area contributed by atoms with Crippen LogP contribution in [0.25, 0.3) is 0 Å². The van der Waals surface area contributed by atoms with Crippen LogP contribution in [0.4, 0.5) is 10.5 Å². The fraction of sp³-hybridized carbons (Fsp3) is 0.579. The summed E-state index contributed by atoms with van der Waals surface area (Å²) in [5, 5.41) is 9.69. The van der Waals surface area contributed by atoms with Crippen LogP contribution < -0.4 is 16.0 Å². The number of hydrogen-bond donors (Lipinski definition) is 3. The van der Waals surface area contributed by atoms with Crippen LogP contribution >= 0.6 is 24.0 Å². The molecule has 1 aromatic carbocycles. The van der Waals surface area contributed by atoms with Gasteiger partial charge in [-0.25, -0.2) is 4.79 Å². The molecule has 0 aliphatic heterocycles. The second-order valence-electron chi connectivity index (χ2n) is 6.54. The lowest BCUT2D eigenvalue weighted by atomic mass is 9.95. The average molecular weight is 522 g/mol. The standard InChI is InChI=1S/C19H30N4O3S.HI/c1-4-27(25)17-7-5-6-16(12-17)22-18(20-2)21-13-14-8-10-15(11-9-14)23-19(24)26-3;/h8-11,16-17H,4-7,12-13H2,1-3H3,(H,23,24)(H2,20,21,22);1H. The van der Waals surface area contributed by atoms with Crippen molar-refractivity contribution < 1.29 is 13.7 Å². The third-order valence-corrected chi connectivity index (χ3v) is 6.43. The Bertz CT molecular complexity index is 670. The topological polar surface area (TPSA) is 91.8 Å². The summed E-state index contributed by atoms with van der Waals surface area (Å²) in [5.74, 6) is 1.48. The molecule has 1 saturated carbocycles. The summed E-state index contributed by atoms with van der Waals surface area (Å²) in [6.07, 6.45) is 3.66. The van der Waals surface area contributed by atoms with Crippen LogP contribution in [-0.2, 0) is 22.1 Å². The van der Waals surface area contributed by atoms with Gasteiger partial charge in [0.2, 0.25) is 0 Å². The number of anilines is 1. The molecule has 1 aliphatic carbocycles. The molecule has 3 atom stereocenters. The number of amides is 1. The van der Waals surface area contributed by atoms with Crippen molar-refractivity contribution in [2.75, 3.05) is 25.2 Å². The summed E-state index contributed by atoms with van der Waals surface area (Å²) in [7, 11) is 2.36. The van der Waals surface area contributed by atoms with E-state index in [0.717, 1.165) is 43.0 Å². The lowest BCUT2D eigenvalue weighted by Gasteiger charge is -2.30. The Kier molecular flexibility index (Phi) is 11.4. The van der Waals surface area contributed by atoms with Gasteiger partial charge in [0, 0.05) is 47.1 Å². The van der Waals surface area contributed by atoms with Gasteiger partial charge in [-0.05, 0) is 37.0 Å². The van der Waals surface area contributed by atoms with Crippen molar-refractivity contribution in [3.8, 4) is 0 Å². The molecule has 2 rings (SSSR count). The predicted octanol–water partition coefficient (Wildman–Crippen LogP) is 3.23. The van der Waals surface area contributed by atoms with Crippen LogP contribution in [0.15, 0.2) is 29.3 Å². The minimum atomic E-state index is -0.731.